The van der Waals surface area contributed by atoms with Gasteiger partial charge in [0.25, 0.3) is 10.0 Å². The van der Waals surface area contributed by atoms with Crippen molar-refractivity contribution < 1.29 is 26.4 Å². The third-order valence-corrected chi connectivity index (χ3v) is 10.0. The summed E-state index contributed by atoms with van der Waals surface area (Å²) in [4.78, 5) is 13.3. The highest BCUT2D eigenvalue weighted by molar-refractivity contribution is 7.92. The Morgan fingerprint density at radius 2 is 1.42 bits per heavy atom. The highest BCUT2D eigenvalue weighted by Gasteiger charge is 2.30. The molecule has 1 heterocycles. The second kappa shape index (κ2) is 11.1. The SMILES string of the molecule is COc1ccc(S(=O)(=O)N2CCCC2)cc1NC(=O)CN(c1ccc(C)cc1)S(=O)(=O)c1ccc(C)cc1. The van der Waals surface area contributed by atoms with Crippen LogP contribution < -0.4 is 14.4 Å². The second-order valence-corrected chi connectivity index (χ2v) is 13.0. The van der Waals surface area contributed by atoms with Gasteiger partial charge >= 0.3 is 0 Å². The number of aryl methyl sites for hydroxylation is 2. The summed E-state index contributed by atoms with van der Waals surface area (Å²) in [6.45, 7) is 4.08. The topological polar surface area (TPSA) is 113 Å². The van der Waals surface area contributed by atoms with E-state index < -0.39 is 32.5 Å². The van der Waals surface area contributed by atoms with Gasteiger partial charge in [-0.15, -0.1) is 0 Å². The third kappa shape index (κ3) is 5.85. The first-order valence-electron chi connectivity index (χ1n) is 12.2. The molecule has 11 heteroatoms. The second-order valence-electron chi connectivity index (χ2n) is 9.18. The van der Waals surface area contributed by atoms with Crippen molar-refractivity contribution >= 4 is 37.3 Å². The third-order valence-electron chi connectivity index (χ3n) is 6.37. The predicted octanol–water partition coefficient (Wildman–Crippen LogP) is 3.93. The van der Waals surface area contributed by atoms with Crippen molar-refractivity contribution in [3.63, 3.8) is 0 Å². The summed E-state index contributed by atoms with van der Waals surface area (Å²) in [5.41, 5.74) is 2.30. The van der Waals surface area contributed by atoms with Gasteiger partial charge in [0.05, 0.1) is 28.3 Å². The average molecular weight is 558 g/mol. The molecular weight excluding hydrogens is 526 g/mol. The van der Waals surface area contributed by atoms with Crippen molar-refractivity contribution in [1.29, 1.82) is 0 Å². The fourth-order valence-electron chi connectivity index (χ4n) is 4.21. The summed E-state index contributed by atoms with van der Waals surface area (Å²) in [5, 5.41) is 2.66. The zero-order valence-corrected chi connectivity index (χ0v) is 23.2. The van der Waals surface area contributed by atoms with E-state index in [1.54, 1.807) is 36.4 Å². The number of hydrogen-bond acceptors (Lipinski definition) is 6. The summed E-state index contributed by atoms with van der Waals surface area (Å²) >= 11 is 0. The lowest BCUT2D eigenvalue weighted by molar-refractivity contribution is -0.114. The van der Waals surface area contributed by atoms with Crippen molar-refractivity contribution in [2.75, 3.05) is 36.4 Å². The number of nitrogens with zero attached hydrogens (tertiary/aromatic N) is 2. The van der Waals surface area contributed by atoms with Crippen LogP contribution in [-0.2, 0) is 24.8 Å². The Morgan fingerprint density at radius 1 is 0.868 bits per heavy atom. The molecule has 0 atom stereocenters. The van der Waals surface area contributed by atoms with Gasteiger partial charge in [-0.3, -0.25) is 9.10 Å². The van der Waals surface area contributed by atoms with Crippen molar-refractivity contribution in [1.82, 2.24) is 4.31 Å². The van der Waals surface area contributed by atoms with Crippen LogP contribution in [0.15, 0.2) is 76.5 Å². The zero-order chi connectivity index (χ0) is 27.5. The minimum atomic E-state index is -4.09. The Balaban J connectivity index is 1.65. The van der Waals surface area contributed by atoms with Gasteiger partial charge in [-0.25, -0.2) is 16.8 Å². The molecule has 4 rings (SSSR count). The Labute approximate surface area is 224 Å². The number of anilines is 2. The molecule has 1 fully saturated rings. The number of benzene rings is 3. The van der Waals surface area contributed by atoms with Gasteiger partial charge in [0.1, 0.15) is 12.3 Å². The van der Waals surface area contributed by atoms with Gasteiger partial charge in [-0.2, -0.15) is 4.31 Å². The van der Waals surface area contributed by atoms with Crippen LogP contribution in [0.25, 0.3) is 0 Å². The molecule has 0 radical (unpaired) electrons. The van der Waals surface area contributed by atoms with Crippen LogP contribution in [0, 0.1) is 13.8 Å². The quantitative estimate of drug-likeness (QED) is 0.427. The number of carbonyl (C=O) groups excluding carboxylic acids is 1. The smallest absolute Gasteiger partial charge is 0.264 e. The van der Waals surface area contributed by atoms with Crippen LogP contribution in [0.3, 0.4) is 0 Å². The van der Waals surface area contributed by atoms with Crippen molar-refractivity contribution in [3.8, 4) is 5.75 Å². The van der Waals surface area contributed by atoms with Gasteiger partial charge in [0.15, 0.2) is 0 Å². The number of nitrogens with one attached hydrogen (secondary N) is 1. The van der Waals surface area contributed by atoms with E-state index >= 15 is 0 Å². The molecule has 1 N–H and O–H groups in total. The maximum atomic E-state index is 13.6. The van der Waals surface area contributed by atoms with Crippen LogP contribution in [0.5, 0.6) is 5.75 Å². The molecule has 202 valence electrons. The largest absolute Gasteiger partial charge is 0.495 e. The predicted molar refractivity (Wildman–Crippen MR) is 147 cm³/mol. The summed E-state index contributed by atoms with van der Waals surface area (Å²) in [5.74, 6) is -0.405. The van der Waals surface area contributed by atoms with Crippen LogP contribution in [0.4, 0.5) is 11.4 Å². The highest BCUT2D eigenvalue weighted by atomic mass is 32.2. The summed E-state index contributed by atoms with van der Waals surface area (Å²) < 4.78 is 61.1. The first kappa shape index (κ1) is 27.6. The van der Waals surface area contributed by atoms with E-state index in [0.717, 1.165) is 28.3 Å². The lowest BCUT2D eigenvalue weighted by Gasteiger charge is -2.24. The van der Waals surface area contributed by atoms with E-state index in [9.17, 15) is 21.6 Å². The molecule has 0 spiro atoms. The van der Waals surface area contributed by atoms with Crippen LogP contribution in [0.1, 0.15) is 24.0 Å². The molecule has 38 heavy (non-hydrogen) atoms. The van der Waals surface area contributed by atoms with E-state index in [4.69, 9.17) is 4.74 Å². The van der Waals surface area contributed by atoms with Gasteiger partial charge in [-0.05, 0) is 69.2 Å². The first-order chi connectivity index (χ1) is 18.0. The van der Waals surface area contributed by atoms with Crippen LogP contribution in [0.2, 0.25) is 0 Å². The Kier molecular flexibility index (Phi) is 8.10. The van der Waals surface area contributed by atoms with Crippen molar-refractivity contribution in [2.45, 2.75) is 36.5 Å². The summed E-state index contributed by atoms with van der Waals surface area (Å²) in [6, 6.07) is 17.4. The first-order valence-corrected chi connectivity index (χ1v) is 15.0. The van der Waals surface area contributed by atoms with E-state index in [1.807, 2.05) is 13.8 Å². The summed E-state index contributed by atoms with van der Waals surface area (Å²) in [6.07, 6.45) is 1.59. The molecule has 0 aromatic heterocycles. The highest BCUT2D eigenvalue weighted by Crippen LogP contribution is 2.31. The van der Waals surface area contributed by atoms with Gasteiger partial charge in [0, 0.05) is 13.1 Å². The molecule has 0 bridgehead atoms. The Hall–Kier alpha value is -3.41. The van der Waals surface area contributed by atoms with Crippen molar-refractivity contribution in [3.05, 3.63) is 77.9 Å². The number of methoxy groups -OCH3 is 1. The zero-order valence-electron chi connectivity index (χ0n) is 21.5. The fraction of sp³-hybridized carbons (Fsp3) is 0.296. The molecule has 3 aromatic carbocycles. The molecular formula is C27H31N3O6S2. The number of carbonyl (C=O) groups is 1. The lowest BCUT2D eigenvalue weighted by atomic mass is 10.2. The number of ether oxygens (including phenoxy) is 1. The lowest BCUT2D eigenvalue weighted by Crippen LogP contribution is -2.38. The van der Waals surface area contributed by atoms with E-state index in [2.05, 4.69) is 5.32 Å². The maximum Gasteiger partial charge on any atom is 0.264 e. The monoisotopic (exact) mass is 557 g/mol. The minimum Gasteiger partial charge on any atom is -0.495 e. The van der Waals surface area contributed by atoms with Crippen molar-refractivity contribution in [2.24, 2.45) is 0 Å². The Morgan fingerprint density at radius 3 is 2.00 bits per heavy atom. The standard InChI is InChI=1S/C27H31N3O6S2/c1-20-6-10-22(11-7-20)30(38(34,35)23-12-8-21(2)9-13-23)19-27(31)28-25-18-24(14-15-26(25)36-3)37(32,33)29-16-4-5-17-29/h6-15,18H,4-5,16-17,19H2,1-3H3,(H,28,31). The van der Waals surface area contributed by atoms with Crippen LogP contribution in [-0.4, -0.2) is 53.8 Å². The van der Waals surface area contributed by atoms with Gasteiger partial charge in [0.2, 0.25) is 15.9 Å². The molecule has 1 saturated heterocycles. The number of amides is 1. The summed E-state index contributed by atoms with van der Waals surface area (Å²) in [7, 11) is -6.42. The molecule has 9 nitrogen and oxygen atoms in total. The van der Waals surface area contributed by atoms with Gasteiger partial charge < -0.3 is 10.1 Å². The van der Waals surface area contributed by atoms with E-state index in [0.29, 0.717) is 18.8 Å². The number of sulfonamides is 2. The normalized spacial score (nSPS) is 14.3. The van der Waals surface area contributed by atoms with Gasteiger partial charge in [-0.1, -0.05) is 35.4 Å². The average Bonchev–Trinajstić information content (AvgIpc) is 3.44. The molecule has 3 aromatic rings. The maximum absolute atomic E-state index is 13.6. The number of hydrogen-bond donors (Lipinski definition) is 1. The molecule has 0 saturated carbocycles. The molecule has 1 aliphatic rings. The molecule has 0 aliphatic carbocycles. The minimum absolute atomic E-state index is 0.0261. The Bertz CT molecular complexity index is 1510. The van der Waals surface area contributed by atoms with Crippen LogP contribution >= 0.6 is 0 Å². The van der Waals surface area contributed by atoms with E-state index in [1.165, 1.54) is 41.7 Å². The number of rotatable bonds is 9. The molecule has 0 unspecified atom stereocenters. The molecule has 1 amide bonds. The fourth-order valence-corrected chi connectivity index (χ4v) is 7.17. The van der Waals surface area contributed by atoms with E-state index in [-0.39, 0.29) is 21.2 Å². The molecule has 1 aliphatic heterocycles.